The van der Waals surface area contributed by atoms with Gasteiger partial charge in [0.25, 0.3) is 0 Å². The van der Waals surface area contributed by atoms with Crippen molar-refractivity contribution >= 4 is 65.3 Å². The number of nitrogens with zero attached hydrogens (tertiary/aromatic N) is 2. The number of rotatable bonds is 32. The summed E-state index contributed by atoms with van der Waals surface area (Å²) in [5, 5.41) is 58.7. The van der Waals surface area contributed by atoms with Crippen molar-refractivity contribution in [1.82, 2.24) is 57.4 Å². The van der Waals surface area contributed by atoms with Crippen LogP contribution in [0.15, 0.2) is 116 Å². The average Bonchev–Trinajstić information content (AvgIpc) is 1.69. The van der Waals surface area contributed by atoms with E-state index in [1.54, 1.807) is 58.0 Å². The van der Waals surface area contributed by atoms with Crippen molar-refractivity contribution in [2.24, 2.45) is 17.6 Å². The third-order valence-corrected chi connectivity index (χ3v) is 16.3. The first-order valence-corrected chi connectivity index (χ1v) is 30.6. The van der Waals surface area contributed by atoms with Crippen LogP contribution in [0.1, 0.15) is 100 Å². The Labute approximate surface area is 531 Å². The van der Waals surface area contributed by atoms with Crippen molar-refractivity contribution in [2.75, 3.05) is 19.7 Å². The van der Waals surface area contributed by atoms with Crippen LogP contribution in [-0.4, -0.2) is 164 Å². The fourth-order valence-corrected chi connectivity index (χ4v) is 11.2. The van der Waals surface area contributed by atoms with Gasteiger partial charge in [-0.1, -0.05) is 125 Å². The number of fused-ring (bicyclic) bond motifs is 3. The Kier molecular flexibility index (Phi) is 24.8. The molecule has 0 unspecified atom stereocenters. The van der Waals surface area contributed by atoms with E-state index in [1.807, 2.05) is 48.5 Å². The highest BCUT2D eigenvalue weighted by Crippen LogP contribution is 2.44. The van der Waals surface area contributed by atoms with E-state index in [9.17, 15) is 63.3 Å². The van der Waals surface area contributed by atoms with Crippen LogP contribution in [0, 0.1) is 17.2 Å². The molecule has 8 amide bonds. The highest BCUT2D eigenvalue weighted by atomic mass is 16.5. The van der Waals surface area contributed by atoms with Crippen LogP contribution in [-0.2, 0) is 67.2 Å². The van der Waals surface area contributed by atoms with Crippen LogP contribution in [0.2, 0.25) is 0 Å². The number of nitrogens with two attached hydrogens (primary N) is 1. The number of H-pyrrole nitrogens is 1. The lowest BCUT2D eigenvalue weighted by molar-refractivity contribution is -0.145. The maximum absolute atomic E-state index is 14.8. The Morgan fingerprint density at radius 3 is 1.86 bits per heavy atom. The van der Waals surface area contributed by atoms with Gasteiger partial charge in [0.05, 0.1) is 18.4 Å². The Morgan fingerprint density at radius 1 is 0.674 bits per heavy atom. The summed E-state index contributed by atoms with van der Waals surface area (Å²) in [5.41, 5.74) is 10.7. The SMILES string of the molecule is CC[C@H](C)[C@H](NC(=O)[C@H](Cc1ccc(O)cc1)NC(=O)[C@@H](NC(=O)[C@H](CCCNC(=N)N)NC(=O)[C@H](CC(=O)O)NC(=O)OCC1c2ccccc2-c2ccccc21)C(C)C)C(=O)N[C@@H](Cc1c[nH]cn1)C(=O)N1CCC[C@H]1C(=O)N[C@@H](Cc1ccccc1)C(=O)O. The third-order valence-electron chi connectivity index (χ3n) is 16.3. The van der Waals surface area contributed by atoms with Crippen LogP contribution in [0.25, 0.3) is 11.1 Å². The number of aromatic nitrogens is 2. The molecule has 1 saturated heterocycles. The summed E-state index contributed by atoms with van der Waals surface area (Å²) in [6, 6.07) is 18.4. The smallest absolute Gasteiger partial charge is 0.407 e. The average molecular weight is 1270 g/mol. The maximum atomic E-state index is 14.8. The van der Waals surface area contributed by atoms with Crippen molar-refractivity contribution in [3.05, 3.63) is 144 Å². The van der Waals surface area contributed by atoms with Gasteiger partial charge < -0.3 is 78.2 Å². The van der Waals surface area contributed by atoms with Crippen molar-refractivity contribution in [2.45, 2.75) is 140 Å². The monoisotopic (exact) mass is 1270 g/mol. The van der Waals surface area contributed by atoms with E-state index in [-0.39, 0.29) is 75.8 Å². The number of likely N-dealkylation sites (tertiary alicyclic amines) is 1. The summed E-state index contributed by atoms with van der Waals surface area (Å²) in [4.78, 5) is 148. The molecule has 7 rings (SSSR count). The van der Waals surface area contributed by atoms with E-state index < -0.39 is 126 Å². The van der Waals surface area contributed by atoms with E-state index in [2.05, 4.69) is 52.5 Å². The summed E-state index contributed by atoms with van der Waals surface area (Å²) in [6.45, 7) is 6.66. The number of ether oxygens (including phenoxy) is 1. The normalized spacial score (nSPS) is 15.9. The highest BCUT2D eigenvalue weighted by Gasteiger charge is 2.42. The Hall–Kier alpha value is -10.3. The van der Waals surface area contributed by atoms with Crippen LogP contribution in [0.3, 0.4) is 0 Å². The molecular formula is C65H81N13O14. The van der Waals surface area contributed by atoms with Gasteiger partial charge >= 0.3 is 18.0 Å². The molecule has 2 aliphatic rings. The van der Waals surface area contributed by atoms with Gasteiger partial charge in [0.15, 0.2) is 5.96 Å². The minimum absolute atomic E-state index is 0.0169. The largest absolute Gasteiger partial charge is 0.508 e. The van der Waals surface area contributed by atoms with E-state index >= 15 is 0 Å². The number of hydrogen-bond donors (Lipinski definition) is 14. The zero-order valence-corrected chi connectivity index (χ0v) is 51.6. The summed E-state index contributed by atoms with van der Waals surface area (Å²) >= 11 is 0. The number of nitrogens with one attached hydrogen (secondary N) is 10. The number of aromatic amines is 1. The molecule has 2 heterocycles. The number of carbonyl (C=O) groups is 10. The lowest BCUT2D eigenvalue weighted by Gasteiger charge is -2.32. The number of imidazole rings is 1. The number of guanidine groups is 1. The molecule has 490 valence electrons. The predicted molar refractivity (Wildman–Crippen MR) is 336 cm³/mol. The van der Waals surface area contributed by atoms with E-state index in [4.69, 9.17) is 15.9 Å². The molecule has 92 heavy (non-hydrogen) atoms. The molecule has 0 bridgehead atoms. The lowest BCUT2D eigenvalue weighted by Crippen LogP contribution is -2.62. The highest BCUT2D eigenvalue weighted by molar-refractivity contribution is 5.99. The van der Waals surface area contributed by atoms with Gasteiger partial charge in [0, 0.05) is 44.5 Å². The van der Waals surface area contributed by atoms with Gasteiger partial charge in [-0.2, -0.15) is 0 Å². The van der Waals surface area contributed by atoms with E-state index in [0.29, 0.717) is 29.7 Å². The van der Waals surface area contributed by atoms with Crippen LogP contribution in [0.4, 0.5) is 4.79 Å². The molecule has 4 aromatic carbocycles. The minimum Gasteiger partial charge on any atom is -0.508 e. The van der Waals surface area contributed by atoms with Gasteiger partial charge in [0.2, 0.25) is 41.4 Å². The second kappa shape index (κ2) is 32.9. The Bertz CT molecular complexity index is 3380. The number of aromatic hydroxyl groups is 1. The molecule has 0 radical (unpaired) electrons. The maximum Gasteiger partial charge on any atom is 0.407 e. The molecular weight excluding hydrogens is 1190 g/mol. The number of benzene rings is 4. The van der Waals surface area contributed by atoms with Gasteiger partial charge in [-0.15, -0.1) is 0 Å². The number of phenols is 1. The second-order valence-corrected chi connectivity index (χ2v) is 23.3. The molecule has 1 aliphatic carbocycles. The minimum atomic E-state index is -1.76. The van der Waals surface area contributed by atoms with Crippen LogP contribution in [0.5, 0.6) is 5.75 Å². The third kappa shape index (κ3) is 19.1. The molecule has 0 spiro atoms. The lowest BCUT2D eigenvalue weighted by atomic mass is 9.96. The predicted octanol–water partition coefficient (Wildman–Crippen LogP) is 2.47. The summed E-state index contributed by atoms with van der Waals surface area (Å²) in [5.74, 6) is -10.8. The molecule has 9 atom stereocenters. The number of amides is 8. The fourth-order valence-electron chi connectivity index (χ4n) is 11.2. The summed E-state index contributed by atoms with van der Waals surface area (Å²) in [7, 11) is 0. The first kappa shape index (κ1) is 69.1. The Balaban J connectivity index is 1.07. The number of carboxylic acids is 2. The van der Waals surface area contributed by atoms with Gasteiger partial charge in [-0.05, 0) is 83.0 Å². The number of hydrogen-bond acceptors (Lipinski definition) is 14. The molecule has 27 heteroatoms. The summed E-state index contributed by atoms with van der Waals surface area (Å²) in [6.07, 6.45) is 1.33. The van der Waals surface area contributed by atoms with Crippen molar-refractivity contribution in [3.8, 4) is 16.9 Å². The molecule has 1 aliphatic heterocycles. The number of carboxylic acid groups (broad SMARTS) is 2. The molecule has 15 N–H and O–H groups in total. The molecule has 0 saturated carbocycles. The van der Waals surface area contributed by atoms with Gasteiger partial charge in [-0.25, -0.2) is 14.6 Å². The van der Waals surface area contributed by atoms with Gasteiger partial charge in [0.1, 0.15) is 60.7 Å². The zero-order chi connectivity index (χ0) is 66.6. The molecule has 1 aromatic heterocycles. The van der Waals surface area contributed by atoms with Gasteiger partial charge in [-0.3, -0.25) is 43.8 Å². The number of carbonyl (C=O) groups excluding carboxylic acids is 8. The quantitative estimate of drug-likeness (QED) is 0.0167. The first-order valence-electron chi connectivity index (χ1n) is 30.6. The fraction of sp³-hybridized carbons (Fsp3) is 0.415. The van der Waals surface area contributed by atoms with Crippen molar-refractivity contribution < 1.29 is 68.0 Å². The number of alkyl carbamates (subject to hydrolysis) is 1. The molecule has 5 aromatic rings. The Morgan fingerprint density at radius 2 is 1.25 bits per heavy atom. The van der Waals surface area contributed by atoms with E-state index in [0.717, 1.165) is 22.3 Å². The number of phenolic OH excluding ortho intramolecular Hbond substituents is 1. The number of aliphatic carboxylic acids is 2. The van der Waals surface area contributed by atoms with E-state index in [1.165, 1.54) is 41.7 Å². The summed E-state index contributed by atoms with van der Waals surface area (Å²) < 4.78 is 5.61. The second-order valence-electron chi connectivity index (χ2n) is 23.3. The van der Waals surface area contributed by atoms with Crippen molar-refractivity contribution in [1.29, 1.82) is 5.41 Å². The first-order chi connectivity index (χ1) is 44.0. The zero-order valence-electron chi connectivity index (χ0n) is 51.6. The standard InChI is InChI=1S/C65H81N13O14/c1-5-37(4)55(61(87)73-50(31-40-33-68-35-70-40)62(88)78-28-14-22-52(78)59(85)74-51(63(89)90)30-38-15-7-6-8-16-38)77-58(84)48(29-39-23-25-41(79)26-24-39)72-60(86)54(36(2)3)76-56(82)47(21-13-27-69-64(66)67)71-57(83)49(32-53(80)81)75-65(91)92-34-46-44-19-11-9-17-42(44)43-18-10-12-20-45(43)46/h6-12,15-20,23-26,33,35-37,46-52,54-55,79H,5,13-14,21-22,27-32,34H2,1-4H3,(H,68,70)(H,71,83)(H,72,86)(H,73,87)(H,74,85)(H,75,91)(H,76,82)(H,77,84)(H,80,81)(H,89,90)(H4,66,67,69)/t37-,47-,48-,49-,50-,51-,52-,54-,55-/m0/s1. The topological polar surface area (TPSA) is 419 Å². The molecule has 1 fully saturated rings. The van der Waals surface area contributed by atoms with Crippen LogP contribution >= 0.6 is 0 Å². The van der Waals surface area contributed by atoms with Crippen molar-refractivity contribution in [3.63, 3.8) is 0 Å². The molecule has 27 nitrogen and oxygen atoms in total. The van der Waals surface area contributed by atoms with Crippen LogP contribution < -0.4 is 48.3 Å².